The lowest BCUT2D eigenvalue weighted by Gasteiger charge is -2.46. The number of piperazine rings is 1. The highest BCUT2D eigenvalue weighted by molar-refractivity contribution is 5.94. The number of aryl methyl sites for hydroxylation is 1. The third-order valence-electron chi connectivity index (χ3n) is 7.52. The average Bonchev–Trinajstić information content (AvgIpc) is 2.86. The van der Waals surface area contributed by atoms with Crippen LogP contribution in [0.1, 0.15) is 36.3 Å². The molecular weight excluding hydrogens is 499 g/mol. The van der Waals surface area contributed by atoms with Gasteiger partial charge in [0.2, 0.25) is 5.91 Å². The fourth-order valence-electron chi connectivity index (χ4n) is 5.40. The molecule has 8 nitrogen and oxygen atoms in total. The first-order valence-electron chi connectivity index (χ1n) is 12.7. The first kappa shape index (κ1) is 24.7. The molecule has 38 heavy (non-hydrogen) atoms. The van der Waals surface area contributed by atoms with Crippen molar-refractivity contribution in [1.82, 2.24) is 14.9 Å². The highest BCUT2D eigenvalue weighted by Gasteiger charge is 2.38. The summed E-state index contributed by atoms with van der Waals surface area (Å²) in [5.74, 6) is 0.846. The molecule has 1 aromatic heterocycles. The van der Waals surface area contributed by atoms with E-state index in [9.17, 15) is 18.0 Å². The zero-order chi connectivity index (χ0) is 26.6. The fourth-order valence-corrected chi connectivity index (χ4v) is 5.40. The molecule has 0 unspecified atom stereocenters. The van der Waals surface area contributed by atoms with Gasteiger partial charge in [0.1, 0.15) is 29.8 Å². The maximum Gasteiger partial charge on any atom is 0.266 e. The van der Waals surface area contributed by atoms with Gasteiger partial charge >= 0.3 is 0 Å². The summed E-state index contributed by atoms with van der Waals surface area (Å²) >= 11 is 0. The second-order valence-electron chi connectivity index (χ2n) is 10.1. The molecule has 2 saturated heterocycles. The predicted octanol–water partition coefficient (Wildman–Crippen LogP) is 4.24. The van der Waals surface area contributed by atoms with E-state index in [0.717, 1.165) is 11.8 Å². The zero-order valence-corrected chi connectivity index (χ0v) is 21.1. The van der Waals surface area contributed by atoms with E-state index < -0.39 is 23.8 Å². The van der Waals surface area contributed by atoms with Crippen molar-refractivity contribution in [2.75, 3.05) is 49.7 Å². The summed E-state index contributed by atoms with van der Waals surface area (Å²) in [7, 11) is 0. The molecule has 3 aliphatic heterocycles. The Hall–Kier alpha value is -3.60. The molecule has 1 amide bonds. The van der Waals surface area contributed by atoms with Crippen LogP contribution in [0, 0.1) is 18.7 Å². The first-order valence-corrected chi connectivity index (χ1v) is 12.7. The van der Waals surface area contributed by atoms with Gasteiger partial charge in [-0.2, -0.15) is 0 Å². The molecule has 1 N–H and O–H groups in total. The third-order valence-corrected chi connectivity index (χ3v) is 7.52. The number of nitrogens with zero attached hydrogens (tertiary/aromatic N) is 4. The number of aromatic nitrogens is 2. The summed E-state index contributed by atoms with van der Waals surface area (Å²) in [6, 6.07) is 7.21. The number of hydrogen-bond donors (Lipinski definition) is 1. The Morgan fingerprint density at radius 3 is 2.66 bits per heavy atom. The Morgan fingerprint density at radius 2 is 1.92 bits per heavy atom. The average molecular weight is 528 g/mol. The highest BCUT2D eigenvalue weighted by atomic mass is 19.3. The summed E-state index contributed by atoms with van der Waals surface area (Å²) in [6.07, 6.45) is -2.90. The number of nitrogens with one attached hydrogen (secondary N) is 1. The highest BCUT2D eigenvalue weighted by Crippen LogP contribution is 2.40. The lowest BCUT2D eigenvalue weighted by molar-refractivity contribution is -0.150. The Bertz CT molecular complexity index is 1400. The molecule has 2 atom stereocenters. The van der Waals surface area contributed by atoms with Gasteiger partial charge < -0.3 is 24.6 Å². The van der Waals surface area contributed by atoms with E-state index in [1.165, 1.54) is 12.1 Å². The van der Waals surface area contributed by atoms with E-state index in [2.05, 4.69) is 20.2 Å². The first-order chi connectivity index (χ1) is 18.3. The number of hydrogen-bond acceptors (Lipinski definition) is 7. The van der Waals surface area contributed by atoms with Gasteiger partial charge in [-0.05, 0) is 19.9 Å². The number of ether oxygens (including phenoxy) is 2. The summed E-state index contributed by atoms with van der Waals surface area (Å²) in [6.45, 7) is 6.72. The van der Waals surface area contributed by atoms with Gasteiger partial charge in [0.05, 0.1) is 48.0 Å². The molecule has 11 heteroatoms. The fraction of sp³-hybridized carbons (Fsp3) is 0.444. The van der Waals surface area contributed by atoms with Gasteiger partial charge in [0.15, 0.2) is 0 Å². The second-order valence-corrected chi connectivity index (χ2v) is 10.1. The smallest absolute Gasteiger partial charge is 0.266 e. The van der Waals surface area contributed by atoms with Crippen LogP contribution in [0.2, 0.25) is 0 Å². The summed E-state index contributed by atoms with van der Waals surface area (Å²) in [5.41, 5.74) is 1.04. The van der Waals surface area contributed by atoms with Crippen molar-refractivity contribution in [2.24, 2.45) is 5.92 Å². The maximum atomic E-state index is 14.8. The van der Waals surface area contributed by atoms with Crippen LogP contribution in [0.5, 0.6) is 5.75 Å². The summed E-state index contributed by atoms with van der Waals surface area (Å²) in [4.78, 5) is 26.0. The number of fused-ring (bicyclic) bond motifs is 4. The SMILES string of the molecule is Cc1nc(N[C@H](C)c2cccc(C(F)F)c2F)c2cc3c(cc2n1)OC[C@H]1CN(C(=O)C2COC2)CCN31. The lowest BCUT2D eigenvalue weighted by Crippen LogP contribution is -2.60. The molecule has 0 spiro atoms. The lowest BCUT2D eigenvalue weighted by atomic mass is 10.0. The molecule has 3 aliphatic rings. The van der Waals surface area contributed by atoms with Crippen LogP contribution in [-0.2, 0) is 9.53 Å². The van der Waals surface area contributed by atoms with Crippen molar-refractivity contribution >= 4 is 28.3 Å². The molecule has 2 aromatic carbocycles. The molecule has 0 radical (unpaired) electrons. The number of amides is 1. The third kappa shape index (κ3) is 4.28. The van der Waals surface area contributed by atoms with Crippen molar-refractivity contribution in [3.05, 3.63) is 53.1 Å². The van der Waals surface area contributed by atoms with E-state index in [1.54, 1.807) is 13.8 Å². The van der Waals surface area contributed by atoms with Crippen LogP contribution in [0.4, 0.5) is 24.7 Å². The molecule has 0 bridgehead atoms. The summed E-state index contributed by atoms with van der Waals surface area (Å²) < 4.78 is 52.6. The molecule has 200 valence electrons. The van der Waals surface area contributed by atoms with E-state index in [4.69, 9.17) is 9.47 Å². The Morgan fingerprint density at radius 1 is 1.13 bits per heavy atom. The van der Waals surface area contributed by atoms with E-state index in [1.807, 2.05) is 17.0 Å². The normalized spacial score (nSPS) is 20.0. The Kier molecular flexibility index (Phi) is 6.25. The number of alkyl halides is 2. The van der Waals surface area contributed by atoms with Crippen molar-refractivity contribution < 1.29 is 27.4 Å². The van der Waals surface area contributed by atoms with Gasteiger partial charge in [0.25, 0.3) is 6.43 Å². The quantitative estimate of drug-likeness (QED) is 0.532. The van der Waals surface area contributed by atoms with Crippen molar-refractivity contribution in [3.63, 3.8) is 0 Å². The number of carbonyl (C=O) groups excluding carboxylic acids is 1. The van der Waals surface area contributed by atoms with Gasteiger partial charge in [-0.25, -0.2) is 23.1 Å². The predicted molar refractivity (Wildman–Crippen MR) is 135 cm³/mol. The molecule has 0 saturated carbocycles. The Labute approximate surface area is 217 Å². The monoisotopic (exact) mass is 527 g/mol. The summed E-state index contributed by atoms with van der Waals surface area (Å²) in [5, 5.41) is 3.92. The van der Waals surface area contributed by atoms with Crippen LogP contribution in [0.3, 0.4) is 0 Å². The van der Waals surface area contributed by atoms with Crippen LogP contribution in [0.15, 0.2) is 30.3 Å². The number of carbonyl (C=O) groups is 1. The minimum absolute atomic E-state index is 0.00604. The van der Waals surface area contributed by atoms with Crippen LogP contribution >= 0.6 is 0 Å². The van der Waals surface area contributed by atoms with Crippen molar-refractivity contribution in [3.8, 4) is 5.75 Å². The van der Waals surface area contributed by atoms with E-state index in [-0.39, 0.29) is 23.4 Å². The van der Waals surface area contributed by atoms with Crippen LogP contribution in [-0.4, -0.2) is 66.3 Å². The minimum Gasteiger partial charge on any atom is -0.489 e. The molecule has 2 fully saturated rings. The molecule has 0 aliphatic carbocycles. The van der Waals surface area contributed by atoms with Gasteiger partial charge in [-0.3, -0.25) is 4.79 Å². The molecule has 3 aromatic rings. The number of benzene rings is 2. The number of rotatable bonds is 5. The standard InChI is InChI=1S/C27H28F3N5O3/c1-14(18-4-3-5-19(24(18)28)25(29)30)31-26-20-8-22-23(9-21(20)32-15(2)33-26)38-13-17-10-34(6-7-35(17)22)27(36)16-11-37-12-16/h3-5,8-9,14,16-17,25H,6-7,10-13H2,1-2H3,(H,31,32,33)/t14-,17-/m1/s1. The second kappa shape index (κ2) is 9.61. The van der Waals surface area contributed by atoms with Gasteiger partial charge in [0, 0.05) is 36.7 Å². The number of anilines is 2. The van der Waals surface area contributed by atoms with E-state index >= 15 is 0 Å². The van der Waals surface area contributed by atoms with Gasteiger partial charge in [-0.1, -0.05) is 18.2 Å². The van der Waals surface area contributed by atoms with Crippen molar-refractivity contribution in [2.45, 2.75) is 32.4 Å². The zero-order valence-electron chi connectivity index (χ0n) is 21.1. The van der Waals surface area contributed by atoms with Crippen LogP contribution in [0.25, 0.3) is 10.9 Å². The van der Waals surface area contributed by atoms with Gasteiger partial charge in [-0.15, -0.1) is 0 Å². The largest absolute Gasteiger partial charge is 0.489 e. The van der Waals surface area contributed by atoms with Crippen molar-refractivity contribution in [1.29, 1.82) is 0 Å². The Balaban J connectivity index is 1.30. The topological polar surface area (TPSA) is 79.8 Å². The molecular formula is C27H28F3N5O3. The maximum absolute atomic E-state index is 14.8. The minimum atomic E-state index is -2.90. The number of halogens is 3. The van der Waals surface area contributed by atoms with E-state index in [0.29, 0.717) is 67.7 Å². The van der Waals surface area contributed by atoms with Crippen LogP contribution < -0.4 is 15.0 Å². The molecule has 6 rings (SSSR count). The molecule has 4 heterocycles.